The summed E-state index contributed by atoms with van der Waals surface area (Å²) in [5.41, 5.74) is 8.05. The van der Waals surface area contributed by atoms with Crippen LogP contribution in [0.2, 0.25) is 0 Å². The zero-order valence-electron chi connectivity index (χ0n) is 11.8. The molecule has 4 nitrogen and oxygen atoms in total. The molecule has 1 aromatic heterocycles. The Labute approximate surface area is 122 Å². The van der Waals surface area contributed by atoms with E-state index in [1.54, 1.807) is 48.6 Å². The second kappa shape index (κ2) is 5.96. The lowest BCUT2D eigenvalue weighted by Crippen LogP contribution is -2.26. The van der Waals surface area contributed by atoms with E-state index in [-0.39, 0.29) is 5.91 Å². The van der Waals surface area contributed by atoms with Gasteiger partial charge < -0.3 is 15.4 Å². The highest BCUT2D eigenvalue weighted by molar-refractivity contribution is 7.10. The van der Waals surface area contributed by atoms with Gasteiger partial charge >= 0.3 is 0 Å². The molecule has 0 aliphatic heterocycles. The fraction of sp³-hybridized carbons (Fsp3) is 0.267. The first-order valence-electron chi connectivity index (χ1n) is 6.24. The number of aryl methyl sites for hydroxylation is 1. The molecule has 0 unspecified atom stereocenters. The van der Waals surface area contributed by atoms with Crippen LogP contribution in [-0.4, -0.2) is 25.0 Å². The van der Waals surface area contributed by atoms with Gasteiger partial charge in [-0.3, -0.25) is 4.79 Å². The van der Waals surface area contributed by atoms with E-state index in [0.717, 1.165) is 0 Å². The van der Waals surface area contributed by atoms with Crippen LogP contribution in [0.3, 0.4) is 0 Å². The fourth-order valence-corrected chi connectivity index (χ4v) is 2.90. The Balaban J connectivity index is 2.18. The van der Waals surface area contributed by atoms with Crippen molar-refractivity contribution in [2.75, 3.05) is 19.9 Å². The van der Waals surface area contributed by atoms with E-state index in [0.29, 0.717) is 23.5 Å². The van der Waals surface area contributed by atoms with Crippen LogP contribution in [0.5, 0.6) is 5.75 Å². The molecule has 106 valence electrons. The van der Waals surface area contributed by atoms with Crippen molar-refractivity contribution < 1.29 is 9.53 Å². The van der Waals surface area contributed by atoms with E-state index in [1.165, 1.54) is 10.4 Å². The molecule has 0 radical (unpaired) electrons. The first-order valence-corrected chi connectivity index (χ1v) is 7.12. The number of nitrogen functional groups attached to an aromatic ring is 1. The summed E-state index contributed by atoms with van der Waals surface area (Å²) in [6.07, 6.45) is 0. The number of rotatable bonds is 4. The average Bonchev–Trinajstić information content (AvgIpc) is 2.82. The normalized spacial score (nSPS) is 10.3. The Morgan fingerprint density at radius 2 is 2.15 bits per heavy atom. The van der Waals surface area contributed by atoms with Crippen molar-refractivity contribution >= 4 is 22.9 Å². The molecule has 0 spiro atoms. The quantitative estimate of drug-likeness (QED) is 0.881. The molecule has 0 aliphatic carbocycles. The van der Waals surface area contributed by atoms with Gasteiger partial charge in [-0.2, -0.15) is 0 Å². The number of hydrogen-bond donors (Lipinski definition) is 1. The van der Waals surface area contributed by atoms with Gasteiger partial charge in [-0.05, 0) is 36.1 Å². The second-order valence-corrected chi connectivity index (χ2v) is 5.68. The fourth-order valence-electron chi connectivity index (χ4n) is 1.94. The summed E-state index contributed by atoms with van der Waals surface area (Å²) in [5.74, 6) is 0.525. The largest absolute Gasteiger partial charge is 0.497 e. The van der Waals surface area contributed by atoms with E-state index >= 15 is 0 Å². The van der Waals surface area contributed by atoms with Crippen molar-refractivity contribution in [2.45, 2.75) is 13.5 Å². The molecular weight excluding hydrogens is 272 g/mol. The number of thiophene rings is 1. The number of carbonyl (C=O) groups is 1. The Kier molecular flexibility index (Phi) is 4.29. The van der Waals surface area contributed by atoms with Crippen molar-refractivity contribution in [3.63, 3.8) is 0 Å². The maximum Gasteiger partial charge on any atom is 0.254 e. The molecule has 1 aromatic carbocycles. The third kappa shape index (κ3) is 3.11. The molecular formula is C15H18N2O2S. The number of amides is 1. The number of benzene rings is 1. The monoisotopic (exact) mass is 290 g/mol. The maximum absolute atomic E-state index is 12.4. The lowest BCUT2D eigenvalue weighted by molar-refractivity contribution is 0.0786. The van der Waals surface area contributed by atoms with Crippen LogP contribution in [-0.2, 0) is 6.54 Å². The van der Waals surface area contributed by atoms with Crippen molar-refractivity contribution in [1.29, 1.82) is 0 Å². The molecule has 5 heteroatoms. The first-order chi connectivity index (χ1) is 9.51. The summed E-state index contributed by atoms with van der Waals surface area (Å²) in [6.45, 7) is 2.65. The molecule has 2 N–H and O–H groups in total. The van der Waals surface area contributed by atoms with Gasteiger partial charge in [0.15, 0.2) is 0 Å². The highest BCUT2D eigenvalue weighted by atomic mass is 32.1. The topological polar surface area (TPSA) is 55.6 Å². The van der Waals surface area contributed by atoms with Gasteiger partial charge in [0.25, 0.3) is 5.91 Å². The Bertz CT molecular complexity index is 622. The summed E-state index contributed by atoms with van der Waals surface area (Å²) >= 11 is 1.66. The summed E-state index contributed by atoms with van der Waals surface area (Å²) in [7, 11) is 3.35. The molecule has 0 saturated carbocycles. The molecule has 1 heterocycles. The third-order valence-electron chi connectivity index (χ3n) is 3.11. The minimum Gasteiger partial charge on any atom is -0.497 e. The zero-order chi connectivity index (χ0) is 14.7. The first kappa shape index (κ1) is 14.4. The molecule has 0 bridgehead atoms. The number of ether oxygens (including phenoxy) is 1. The molecule has 1 amide bonds. The lowest BCUT2D eigenvalue weighted by atomic mass is 10.1. The minimum absolute atomic E-state index is 0.0663. The molecule has 0 saturated heterocycles. The number of nitrogens with zero attached hydrogens (tertiary/aromatic N) is 1. The van der Waals surface area contributed by atoms with E-state index in [1.807, 2.05) is 12.3 Å². The number of anilines is 1. The Morgan fingerprint density at radius 1 is 1.40 bits per heavy atom. The lowest BCUT2D eigenvalue weighted by Gasteiger charge is -2.17. The van der Waals surface area contributed by atoms with Crippen LogP contribution in [0.4, 0.5) is 5.69 Å². The summed E-state index contributed by atoms with van der Waals surface area (Å²) in [6, 6.07) is 7.13. The Morgan fingerprint density at radius 3 is 2.75 bits per heavy atom. The van der Waals surface area contributed by atoms with Gasteiger partial charge in [0.1, 0.15) is 5.75 Å². The van der Waals surface area contributed by atoms with Gasteiger partial charge in [-0.1, -0.05) is 0 Å². The maximum atomic E-state index is 12.4. The number of carbonyl (C=O) groups excluding carboxylic acids is 1. The predicted octanol–water partition coefficient (Wildman–Crippen LogP) is 2.92. The highest BCUT2D eigenvalue weighted by Gasteiger charge is 2.15. The number of hydrogen-bond acceptors (Lipinski definition) is 4. The van der Waals surface area contributed by atoms with Crippen LogP contribution in [0.1, 0.15) is 20.8 Å². The van der Waals surface area contributed by atoms with Gasteiger partial charge in [-0.15, -0.1) is 11.3 Å². The smallest absolute Gasteiger partial charge is 0.254 e. The highest BCUT2D eigenvalue weighted by Crippen LogP contribution is 2.22. The number of nitrogens with two attached hydrogens (primary N) is 1. The van der Waals surface area contributed by atoms with E-state index in [9.17, 15) is 4.79 Å². The molecule has 2 aromatic rings. The standard InChI is InChI=1S/C15H18N2O2S/c1-10-4-5-20-14(10)9-17(2)15(18)11-6-12(16)8-13(7-11)19-3/h4-8H,9,16H2,1-3H3. The summed E-state index contributed by atoms with van der Waals surface area (Å²) < 4.78 is 5.14. The van der Waals surface area contributed by atoms with Gasteiger partial charge in [0, 0.05) is 29.2 Å². The average molecular weight is 290 g/mol. The Hall–Kier alpha value is -2.01. The predicted molar refractivity (Wildman–Crippen MR) is 82.3 cm³/mol. The van der Waals surface area contributed by atoms with Crippen LogP contribution in [0.25, 0.3) is 0 Å². The van der Waals surface area contributed by atoms with Crippen LogP contribution in [0, 0.1) is 6.92 Å². The molecule has 0 aliphatic rings. The zero-order valence-corrected chi connectivity index (χ0v) is 12.7. The van der Waals surface area contributed by atoms with Crippen molar-refractivity contribution in [2.24, 2.45) is 0 Å². The van der Waals surface area contributed by atoms with Crippen molar-refractivity contribution in [1.82, 2.24) is 4.90 Å². The van der Waals surface area contributed by atoms with Crippen LogP contribution >= 0.6 is 11.3 Å². The second-order valence-electron chi connectivity index (χ2n) is 4.68. The van der Waals surface area contributed by atoms with E-state index in [2.05, 4.69) is 6.07 Å². The molecule has 20 heavy (non-hydrogen) atoms. The molecule has 2 rings (SSSR count). The minimum atomic E-state index is -0.0663. The van der Waals surface area contributed by atoms with Crippen molar-refractivity contribution in [3.05, 3.63) is 45.6 Å². The van der Waals surface area contributed by atoms with Gasteiger partial charge in [0.2, 0.25) is 0 Å². The van der Waals surface area contributed by atoms with E-state index in [4.69, 9.17) is 10.5 Å². The molecule has 0 fully saturated rings. The van der Waals surface area contributed by atoms with Crippen LogP contribution in [0.15, 0.2) is 29.6 Å². The van der Waals surface area contributed by atoms with Gasteiger partial charge in [-0.25, -0.2) is 0 Å². The van der Waals surface area contributed by atoms with E-state index < -0.39 is 0 Å². The summed E-state index contributed by atoms with van der Waals surface area (Å²) in [5, 5.41) is 2.03. The molecule has 0 atom stereocenters. The number of methoxy groups -OCH3 is 1. The van der Waals surface area contributed by atoms with Crippen molar-refractivity contribution in [3.8, 4) is 5.75 Å². The van der Waals surface area contributed by atoms with Crippen LogP contribution < -0.4 is 10.5 Å². The third-order valence-corrected chi connectivity index (χ3v) is 4.11. The van der Waals surface area contributed by atoms with Gasteiger partial charge in [0.05, 0.1) is 13.7 Å². The SMILES string of the molecule is COc1cc(N)cc(C(=O)N(C)Cc2sccc2C)c1. The summed E-state index contributed by atoms with van der Waals surface area (Å²) in [4.78, 5) is 15.3.